The lowest BCUT2D eigenvalue weighted by atomic mass is 9.75. The summed E-state index contributed by atoms with van der Waals surface area (Å²) in [6.45, 7) is 4.80. The molecule has 4 rings (SSSR count). The van der Waals surface area contributed by atoms with Crippen LogP contribution in [0.2, 0.25) is 0 Å². The Kier molecular flexibility index (Phi) is 16.0. The van der Waals surface area contributed by atoms with Crippen LogP contribution in [0.3, 0.4) is 0 Å². The van der Waals surface area contributed by atoms with E-state index in [1.807, 2.05) is 12.2 Å². The number of hydrogen-bond donors (Lipinski definition) is 0. The zero-order chi connectivity index (χ0) is 35.2. The summed E-state index contributed by atoms with van der Waals surface area (Å²) >= 11 is 0. The van der Waals surface area contributed by atoms with Crippen molar-refractivity contribution in [3.8, 4) is 11.5 Å². The Bertz CT molecular complexity index is 1270. The smallest absolute Gasteiger partial charge is 0.201 e. The minimum atomic E-state index is -0.985. The summed E-state index contributed by atoms with van der Waals surface area (Å²) in [5, 5.41) is 0. The Balaban J connectivity index is 1.52. The van der Waals surface area contributed by atoms with Crippen LogP contribution < -0.4 is 9.47 Å². The second-order valence-electron chi connectivity index (χ2n) is 14.2. The molecular formula is C42H58F4O3. The van der Waals surface area contributed by atoms with E-state index in [1.165, 1.54) is 77.7 Å². The quantitative estimate of drug-likeness (QED) is 0.115. The SMILES string of the molecule is CCCCCC1CCC(C(=CCOCC=C(c2ccc(OC)c(F)c2F)C2CCC(CCCCC)CC2)c2ccc(OC)c(F)c2F)CC1. The van der Waals surface area contributed by atoms with Crippen LogP contribution in [0.4, 0.5) is 17.6 Å². The summed E-state index contributed by atoms with van der Waals surface area (Å²) in [5.41, 5.74) is 2.03. The first kappa shape index (κ1) is 39.0. The number of allylic oxidation sites excluding steroid dienone is 2. The van der Waals surface area contributed by atoms with E-state index < -0.39 is 23.3 Å². The summed E-state index contributed by atoms with van der Waals surface area (Å²) in [5.74, 6) is -2.46. The van der Waals surface area contributed by atoms with Gasteiger partial charge in [0.05, 0.1) is 27.4 Å². The second kappa shape index (κ2) is 20.1. The Morgan fingerprint density at radius 1 is 0.571 bits per heavy atom. The molecule has 0 heterocycles. The van der Waals surface area contributed by atoms with Crippen LogP contribution in [0, 0.1) is 46.9 Å². The van der Waals surface area contributed by atoms with E-state index >= 15 is 8.78 Å². The van der Waals surface area contributed by atoms with Crippen LogP contribution in [0.15, 0.2) is 36.4 Å². The van der Waals surface area contributed by atoms with Gasteiger partial charge in [-0.05, 0) is 110 Å². The second-order valence-corrected chi connectivity index (χ2v) is 14.2. The monoisotopic (exact) mass is 686 g/mol. The highest BCUT2D eigenvalue weighted by atomic mass is 19.2. The number of benzene rings is 2. The fraction of sp³-hybridized carbons (Fsp3) is 0.619. The zero-order valence-corrected chi connectivity index (χ0v) is 30.2. The molecule has 7 heteroatoms. The van der Waals surface area contributed by atoms with Crippen molar-refractivity contribution >= 4 is 11.1 Å². The predicted octanol–water partition coefficient (Wildman–Crippen LogP) is 12.5. The summed E-state index contributed by atoms with van der Waals surface area (Å²) < 4.78 is 76.7. The van der Waals surface area contributed by atoms with Crippen molar-refractivity contribution in [2.24, 2.45) is 23.7 Å². The standard InChI is InChI=1S/C42H58F4O3/c1-5-7-9-11-29-13-17-31(18-14-29)33(35-21-23-37(47-3)41(45)39(35)43)25-27-49-28-26-34(36-22-24-38(48-4)42(46)40(36)44)32-19-15-30(16-20-32)12-10-8-6-2/h21-26,29-32H,5-20,27-28H2,1-4H3. The highest BCUT2D eigenvalue weighted by molar-refractivity contribution is 5.70. The molecule has 0 N–H and O–H groups in total. The van der Waals surface area contributed by atoms with Gasteiger partial charge in [-0.15, -0.1) is 0 Å². The van der Waals surface area contributed by atoms with E-state index in [-0.39, 0.29) is 47.7 Å². The van der Waals surface area contributed by atoms with Crippen LogP contribution in [-0.4, -0.2) is 27.4 Å². The average Bonchev–Trinajstić information content (AvgIpc) is 3.12. The van der Waals surface area contributed by atoms with Gasteiger partial charge < -0.3 is 14.2 Å². The van der Waals surface area contributed by atoms with Crippen LogP contribution in [0.25, 0.3) is 11.1 Å². The van der Waals surface area contributed by atoms with Crippen LogP contribution in [-0.2, 0) is 4.74 Å². The molecule has 0 aliphatic heterocycles. The molecule has 0 saturated heterocycles. The summed E-state index contributed by atoms with van der Waals surface area (Å²) in [7, 11) is 2.66. The van der Waals surface area contributed by atoms with Crippen LogP contribution in [0.1, 0.15) is 128 Å². The molecule has 2 saturated carbocycles. The number of halogens is 4. The lowest BCUT2D eigenvalue weighted by Gasteiger charge is -2.31. The van der Waals surface area contributed by atoms with Crippen molar-refractivity contribution in [3.63, 3.8) is 0 Å². The molecule has 272 valence electrons. The molecule has 2 aromatic rings. The molecule has 0 unspecified atom stereocenters. The molecule has 2 fully saturated rings. The van der Waals surface area contributed by atoms with Crippen LogP contribution in [0.5, 0.6) is 11.5 Å². The van der Waals surface area contributed by atoms with Crippen molar-refractivity contribution in [2.45, 2.75) is 117 Å². The van der Waals surface area contributed by atoms with E-state index in [0.29, 0.717) is 11.8 Å². The van der Waals surface area contributed by atoms with Crippen molar-refractivity contribution in [3.05, 3.63) is 70.8 Å². The zero-order valence-electron chi connectivity index (χ0n) is 30.2. The largest absolute Gasteiger partial charge is 0.494 e. The number of hydrogen-bond acceptors (Lipinski definition) is 3. The molecule has 3 nitrogen and oxygen atoms in total. The topological polar surface area (TPSA) is 27.7 Å². The maximum Gasteiger partial charge on any atom is 0.201 e. The number of ether oxygens (including phenoxy) is 3. The highest BCUT2D eigenvalue weighted by Gasteiger charge is 2.29. The van der Waals surface area contributed by atoms with Crippen LogP contribution >= 0.6 is 0 Å². The fourth-order valence-electron chi connectivity index (χ4n) is 8.07. The number of unbranched alkanes of at least 4 members (excludes halogenated alkanes) is 4. The first-order valence-corrected chi connectivity index (χ1v) is 18.8. The minimum Gasteiger partial charge on any atom is -0.494 e. The van der Waals surface area contributed by atoms with Gasteiger partial charge in [0.25, 0.3) is 0 Å². The molecule has 2 aliphatic carbocycles. The molecular weight excluding hydrogens is 628 g/mol. The van der Waals surface area contributed by atoms with E-state index in [9.17, 15) is 8.78 Å². The Morgan fingerprint density at radius 3 is 1.31 bits per heavy atom. The first-order valence-electron chi connectivity index (χ1n) is 18.8. The van der Waals surface area contributed by atoms with Crippen molar-refractivity contribution in [1.29, 1.82) is 0 Å². The van der Waals surface area contributed by atoms with Gasteiger partial charge in [0.15, 0.2) is 23.1 Å². The van der Waals surface area contributed by atoms with Gasteiger partial charge in [0.1, 0.15) is 0 Å². The normalized spacial score (nSPS) is 22.0. The Labute approximate surface area is 292 Å². The van der Waals surface area contributed by atoms with E-state index in [2.05, 4.69) is 13.8 Å². The van der Waals surface area contributed by atoms with Crippen molar-refractivity contribution < 1.29 is 31.8 Å². The number of methoxy groups -OCH3 is 2. The van der Waals surface area contributed by atoms with E-state index in [4.69, 9.17) is 14.2 Å². The van der Waals surface area contributed by atoms with Gasteiger partial charge in [-0.3, -0.25) is 0 Å². The lowest BCUT2D eigenvalue weighted by molar-refractivity contribution is 0.193. The van der Waals surface area contributed by atoms with Gasteiger partial charge in [0.2, 0.25) is 11.6 Å². The van der Waals surface area contributed by atoms with Gasteiger partial charge >= 0.3 is 0 Å². The van der Waals surface area contributed by atoms with Gasteiger partial charge in [-0.2, -0.15) is 8.78 Å². The molecule has 0 amide bonds. The van der Waals surface area contributed by atoms with Crippen molar-refractivity contribution in [1.82, 2.24) is 0 Å². The summed E-state index contributed by atoms with van der Waals surface area (Å²) in [4.78, 5) is 0. The van der Waals surface area contributed by atoms with Gasteiger partial charge in [-0.1, -0.05) is 77.4 Å². The van der Waals surface area contributed by atoms with E-state index in [0.717, 1.165) is 62.5 Å². The highest BCUT2D eigenvalue weighted by Crippen LogP contribution is 2.42. The maximum atomic E-state index is 15.4. The predicted molar refractivity (Wildman–Crippen MR) is 192 cm³/mol. The molecule has 49 heavy (non-hydrogen) atoms. The average molecular weight is 687 g/mol. The third-order valence-electron chi connectivity index (χ3n) is 11.0. The third-order valence-corrected chi connectivity index (χ3v) is 11.0. The van der Waals surface area contributed by atoms with E-state index in [1.54, 1.807) is 12.1 Å². The molecule has 0 spiro atoms. The lowest BCUT2D eigenvalue weighted by Crippen LogP contribution is -2.17. The van der Waals surface area contributed by atoms with Crippen molar-refractivity contribution in [2.75, 3.05) is 27.4 Å². The maximum absolute atomic E-state index is 15.4. The minimum absolute atomic E-state index is 0.100. The molecule has 0 atom stereocenters. The molecule has 0 bridgehead atoms. The molecule has 2 aromatic carbocycles. The molecule has 0 aromatic heterocycles. The molecule has 0 radical (unpaired) electrons. The number of rotatable bonds is 18. The fourth-order valence-corrected chi connectivity index (χ4v) is 8.07. The summed E-state index contributed by atoms with van der Waals surface area (Å²) in [6.07, 6.45) is 21.6. The Hall–Kier alpha value is -2.80. The summed E-state index contributed by atoms with van der Waals surface area (Å²) in [6, 6.07) is 6.17. The van der Waals surface area contributed by atoms with Gasteiger partial charge in [-0.25, -0.2) is 8.78 Å². The van der Waals surface area contributed by atoms with Gasteiger partial charge in [0, 0.05) is 11.1 Å². The molecule has 2 aliphatic rings. The first-order chi connectivity index (χ1) is 23.8. The third kappa shape index (κ3) is 10.6. The Morgan fingerprint density at radius 2 is 0.959 bits per heavy atom.